The maximum absolute atomic E-state index is 4.17. The second-order valence-corrected chi connectivity index (χ2v) is 12.6. The summed E-state index contributed by atoms with van der Waals surface area (Å²) in [4.78, 5) is 2.59. The Morgan fingerprint density at radius 2 is 1.21 bits per heavy atom. The Morgan fingerprint density at radius 1 is 0.681 bits per heavy atom. The van der Waals surface area contributed by atoms with Crippen LogP contribution in [0.3, 0.4) is 0 Å². The molecule has 1 nitrogen and oxygen atoms in total. The number of unbranched alkanes of at least 4 members (excludes halogenated alkanes) is 1. The summed E-state index contributed by atoms with van der Waals surface area (Å²) >= 11 is 0. The first-order valence-electron chi connectivity index (χ1n) is 19.2. The summed E-state index contributed by atoms with van der Waals surface area (Å²) in [6, 6.07) is 17.7. The van der Waals surface area contributed by atoms with Gasteiger partial charge in [0.2, 0.25) is 0 Å². The smallest absolute Gasteiger partial charge is 0.00156 e. The Labute approximate surface area is 295 Å². The Kier molecular flexibility index (Phi) is 31.6. The summed E-state index contributed by atoms with van der Waals surface area (Å²) in [6.07, 6.45) is 19.2. The van der Waals surface area contributed by atoms with Crippen molar-refractivity contribution in [1.82, 2.24) is 4.90 Å². The summed E-state index contributed by atoms with van der Waals surface area (Å²) in [5.74, 6) is 0. The average Bonchev–Trinajstić information content (AvgIpc) is 3.62. The molecule has 0 aliphatic carbocycles. The lowest BCUT2D eigenvalue weighted by Gasteiger charge is -2.13. The van der Waals surface area contributed by atoms with Crippen LogP contribution in [0.5, 0.6) is 0 Å². The number of likely N-dealkylation sites (tertiary alicyclic amines) is 1. The van der Waals surface area contributed by atoms with Gasteiger partial charge >= 0.3 is 0 Å². The number of aryl methyl sites for hydroxylation is 3. The second kappa shape index (κ2) is 31.9. The predicted octanol–water partition coefficient (Wildman–Crippen LogP) is 14.6. The van der Waals surface area contributed by atoms with Crippen molar-refractivity contribution < 1.29 is 0 Å². The fourth-order valence-corrected chi connectivity index (χ4v) is 5.03. The molecule has 0 atom stereocenters. The van der Waals surface area contributed by atoms with Gasteiger partial charge in [0.25, 0.3) is 0 Å². The number of allylic oxidation sites excluding steroid dienone is 6. The van der Waals surface area contributed by atoms with Gasteiger partial charge in [-0.2, -0.15) is 0 Å². The van der Waals surface area contributed by atoms with Crippen molar-refractivity contribution in [3.8, 4) is 0 Å². The van der Waals surface area contributed by atoms with E-state index in [1.807, 2.05) is 27.7 Å². The van der Waals surface area contributed by atoms with Crippen LogP contribution in [0.15, 0.2) is 90.6 Å². The summed E-state index contributed by atoms with van der Waals surface area (Å²) in [5, 5.41) is 0. The van der Waals surface area contributed by atoms with Gasteiger partial charge in [0.1, 0.15) is 0 Å². The number of benzene rings is 2. The fourth-order valence-electron chi connectivity index (χ4n) is 5.03. The predicted molar refractivity (Wildman–Crippen MR) is 219 cm³/mol. The van der Waals surface area contributed by atoms with Crippen molar-refractivity contribution in [3.63, 3.8) is 0 Å². The van der Waals surface area contributed by atoms with Crippen LogP contribution in [0.1, 0.15) is 156 Å². The quantitative estimate of drug-likeness (QED) is 0.106. The molecular formula is C46H77N. The monoisotopic (exact) mass is 644 g/mol. The average molecular weight is 644 g/mol. The Morgan fingerprint density at radius 3 is 1.72 bits per heavy atom. The van der Waals surface area contributed by atoms with E-state index < -0.39 is 0 Å². The fraction of sp³-hybridized carbons (Fsp3) is 0.565. The van der Waals surface area contributed by atoms with E-state index in [4.69, 9.17) is 0 Å². The van der Waals surface area contributed by atoms with Crippen LogP contribution in [-0.2, 0) is 12.8 Å². The lowest BCUT2D eigenvalue weighted by molar-refractivity contribution is 0.334. The van der Waals surface area contributed by atoms with Gasteiger partial charge in [-0.15, -0.1) is 6.58 Å². The minimum absolute atomic E-state index is 1.10. The molecule has 266 valence electrons. The van der Waals surface area contributed by atoms with Crippen LogP contribution in [-0.4, -0.2) is 24.5 Å². The zero-order valence-electron chi connectivity index (χ0n) is 33.2. The van der Waals surface area contributed by atoms with Crippen LogP contribution in [0.4, 0.5) is 0 Å². The molecule has 0 spiro atoms. The van der Waals surface area contributed by atoms with E-state index in [1.54, 1.807) is 0 Å². The van der Waals surface area contributed by atoms with E-state index in [-0.39, 0.29) is 0 Å². The lowest BCUT2D eigenvalue weighted by Crippen LogP contribution is -2.20. The molecule has 0 radical (unpaired) electrons. The molecule has 0 amide bonds. The molecule has 3 rings (SSSR count). The van der Waals surface area contributed by atoms with E-state index in [9.17, 15) is 0 Å². The van der Waals surface area contributed by atoms with E-state index >= 15 is 0 Å². The molecule has 0 unspecified atom stereocenters. The number of nitrogens with zero attached hydrogens (tertiary/aromatic N) is 1. The van der Waals surface area contributed by atoms with Gasteiger partial charge in [0, 0.05) is 0 Å². The highest BCUT2D eigenvalue weighted by molar-refractivity contribution is 5.63. The van der Waals surface area contributed by atoms with E-state index in [0.29, 0.717) is 0 Å². The maximum Gasteiger partial charge on any atom is -0.00156 e. The normalized spacial score (nSPS) is 12.7. The maximum atomic E-state index is 4.17. The van der Waals surface area contributed by atoms with Gasteiger partial charge in [-0.3, -0.25) is 0 Å². The highest BCUT2D eigenvalue weighted by Gasteiger charge is 2.10. The summed E-state index contributed by atoms with van der Waals surface area (Å²) in [5.41, 5.74) is 11.0. The molecule has 2 aromatic rings. The number of hydrogen-bond acceptors (Lipinski definition) is 1. The van der Waals surface area contributed by atoms with Gasteiger partial charge in [0.15, 0.2) is 0 Å². The second-order valence-electron chi connectivity index (χ2n) is 12.6. The van der Waals surface area contributed by atoms with Gasteiger partial charge < -0.3 is 4.90 Å². The van der Waals surface area contributed by atoms with Gasteiger partial charge in [-0.1, -0.05) is 144 Å². The van der Waals surface area contributed by atoms with Gasteiger partial charge in [0.05, 0.1) is 0 Å². The third kappa shape index (κ3) is 26.1. The van der Waals surface area contributed by atoms with Crippen LogP contribution in [0.25, 0.3) is 5.57 Å². The third-order valence-corrected chi connectivity index (χ3v) is 8.22. The van der Waals surface area contributed by atoms with Crippen molar-refractivity contribution in [3.05, 3.63) is 113 Å². The molecule has 1 saturated heterocycles. The summed E-state index contributed by atoms with van der Waals surface area (Å²) in [7, 11) is 0. The van der Waals surface area contributed by atoms with Gasteiger partial charge in [-0.25, -0.2) is 0 Å². The first-order valence-corrected chi connectivity index (χ1v) is 19.2. The van der Waals surface area contributed by atoms with Crippen molar-refractivity contribution in [2.24, 2.45) is 0 Å². The first-order chi connectivity index (χ1) is 22.7. The minimum atomic E-state index is 1.10. The van der Waals surface area contributed by atoms with Crippen LogP contribution in [0.2, 0.25) is 0 Å². The topological polar surface area (TPSA) is 3.24 Å². The Bertz CT molecular complexity index is 1070. The molecular weight excluding hydrogens is 567 g/mol. The molecule has 0 N–H and O–H groups in total. The molecule has 0 bridgehead atoms. The first kappa shape index (κ1) is 46.5. The molecule has 0 aromatic heterocycles. The molecule has 1 heterocycles. The van der Waals surface area contributed by atoms with Crippen LogP contribution in [0, 0.1) is 6.92 Å². The molecule has 1 aliphatic heterocycles. The molecule has 2 aromatic carbocycles. The molecule has 1 aliphatic rings. The van der Waals surface area contributed by atoms with Crippen LogP contribution < -0.4 is 0 Å². The zero-order valence-corrected chi connectivity index (χ0v) is 33.2. The molecule has 1 fully saturated rings. The van der Waals surface area contributed by atoms with E-state index in [0.717, 1.165) is 25.7 Å². The highest BCUT2D eigenvalue weighted by Crippen LogP contribution is 2.20. The van der Waals surface area contributed by atoms with Crippen molar-refractivity contribution in [2.45, 2.75) is 153 Å². The highest BCUT2D eigenvalue weighted by atomic mass is 15.1. The Balaban J connectivity index is 0. The third-order valence-electron chi connectivity index (χ3n) is 8.22. The van der Waals surface area contributed by atoms with Crippen molar-refractivity contribution in [2.75, 3.05) is 19.6 Å². The largest absolute Gasteiger partial charge is 0.303 e. The van der Waals surface area contributed by atoms with E-state index in [1.165, 1.54) is 116 Å². The van der Waals surface area contributed by atoms with Gasteiger partial charge in [-0.05, 0) is 140 Å². The van der Waals surface area contributed by atoms with E-state index in [2.05, 4.69) is 127 Å². The molecule has 47 heavy (non-hydrogen) atoms. The SMILES string of the molecule is C=C(C)CCCCC(=C)c1ccc(CC)cc1.CC.CC.CCC/C(C)=C/C=C(\C)CC.Cc1ccc(CCCN2CCCC2)cc1. The molecule has 0 saturated carbocycles. The summed E-state index contributed by atoms with van der Waals surface area (Å²) in [6.45, 7) is 35.2. The summed E-state index contributed by atoms with van der Waals surface area (Å²) < 4.78 is 0. The van der Waals surface area contributed by atoms with Crippen LogP contribution >= 0.6 is 0 Å². The molecule has 1 heteroatoms. The van der Waals surface area contributed by atoms with Crippen molar-refractivity contribution in [1.29, 1.82) is 0 Å². The standard InChI is InChI=1S/C17H24.C14H21N.C11H20.2C2H6/c1-5-16-10-12-17(13-11-16)15(4)9-7-6-8-14(2)3;1-13-6-8-14(9-7-13)5-4-12-15-10-2-3-11-15;1-5-7-11(4)9-8-10(3)6-2;2*1-2/h10-13H,2,4-9H2,1,3H3;6-9H,2-5,10-12H2,1H3;8-9H,5-7H2,1-4H3;2*1-2H3/b;;10-8+,11-9+;;. The van der Waals surface area contributed by atoms with Crippen molar-refractivity contribution >= 4 is 5.57 Å². The number of rotatable bonds is 15. The zero-order chi connectivity index (χ0) is 35.9. The Hall–Kier alpha value is -2.64. The minimum Gasteiger partial charge on any atom is -0.303 e. The number of hydrogen-bond donors (Lipinski definition) is 0. The lowest BCUT2D eigenvalue weighted by atomic mass is 9.99.